The van der Waals surface area contributed by atoms with Crippen LogP contribution in [-0.4, -0.2) is 31.3 Å². The van der Waals surface area contributed by atoms with E-state index in [1.54, 1.807) is 12.1 Å². The van der Waals surface area contributed by atoms with Gasteiger partial charge in [0.2, 0.25) is 0 Å². The molecule has 160 valence electrons. The van der Waals surface area contributed by atoms with Crippen LogP contribution in [0.5, 0.6) is 17.2 Å². The lowest BCUT2D eigenvalue weighted by molar-refractivity contribution is 0.336. The number of guanidine groups is 1. The Morgan fingerprint density at radius 1 is 1.17 bits per heavy atom. The molecule has 3 N–H and O–H groups in total. The van der Waals surface area contributed by atoms with Gasteiger partial charge in [-0.3, -0.25) is 0 Å². The highest BCUT2D eigenvalue weighted by atomic mass is 16.5. The molecule has 2 aromatic carbocycles. The molecule has 0 saturated carbocycles. The molecule has 7 nitrogen and oxygen atoms in total. The Hall–Kier alpha value is -3.35. The van der Waals surface area contributed by atoms with Crippen molar-refractivity contribution in [3.63, 3.8) is 0 Å². The number of phenols is 1. The lowest BCUT2D eigenvalue weighted by atomic mass is 10.2. The molecule has 0 aliphatic carbocycles. The molecule has 0 aliphatic heterocycles. The van der Waals surface area contributed by atoms with E-state index >= 15 is 0 Å². The molecule has 1 unspecified atom stereocenters. The predicted octanol–water partition coefficient (Wildman–Crippen LogP) is 4.36. The van der Waals surface area contributed by atoms with E-state index in [4.69, 9.17) is 13.9 Å². The molecule has 0 aliphatic rings. The molecule has 0 radical (unpaired) electrons. The van der Waals surface area contributed by atoms with Gasteiger partial charge >= 0.3 is 0 Å². The van der Waals surface area contributed by atoms with Crippen LogP contribution in [0, 0.1) is 0 Å². The molecule has 0 fully saturated rings. The van der Waals surface area contributed by atoms with E-state index in [1.165, 1.54) is 7.11 Å². The number of aliphatic imine (C=N–C) groups is 1. The number of rotatable bonds is 8. The molecule has 1 heterocycles. The van der Waals surface area contributed by atoms with Gasteiger partial charge in [0.1, 0.15) is 5.76 Å². The summed E-state index contributed by atoms with van der Waals surface area (Å²) in [6.07, 6.45) is 0. The number of phenolic OH excluding ortho intramolecular Hbond substituents is 1. The van der Waals surface area contributed by atoms with Crippen LogP contribution < -0.4 is 20.1 Å². The lowest BCUT2D eigenvalue weighted by Gasteiger charge is -2.16. The highest BCUT2D eigenvalue weighted by molar-refractivity contribution is 5.84. The topological polar surface area (TPSA) is 88.3 Å². The maximum Gasteiger partial charge on any atom is 0.192 e. The van der Waals surface area contributed by atoms with Gasteiger partial charge in [0.05, 0.1) is 26.3 Å². The van der Waals surface area contributed by atoms with E-state index in [2.05, 4.69) is 15.6 Å². The van der Waals surface area contributed by atoms with Gasteiger partial charge in [0, 0.05) is 11.9 Å². The number of fused-ring (bicyclic) bond motifs is 1. The fourth-order valence-corrected chi connectivity index (χ4v) is 3.14. The van der Waals surface area contributed by atoms with E-state index in [0.29, 0.717) is 24.9 Å². The van der Waals surface area contributed by atoms with Crippen LogP contribution >= 0.6 is 0 Å². The van der Waals surface area contributed by atoms with Gasteiger partial charge in [-0.2, -0.15) is 0 Å². The molecule has 3 rings (SSSR count). The first kappa shape index (κ1) is 21.4. The van der Waals surface area contributed by atoms with Gasteiger partial charge in [-0.1, -0.05) is 18.2 Å². The average Bonchev–Trinajstić information content (AvgIpc) is 3.18. The number of nitrogens with one attached hydrogen (secondary N) is 2. The van der Waals surface area contributed by atoms with Crippen molar-refractivity contribution in [3.05, 3.63) is 53.8 Å². The van der Waals surface area contributed by atoms with Crippen molar-refractivity contribution < 1.29 is 19.0 Å². The molecular formula is C23H29N3O4. The zero-order valence-electron chi connectivity index (χ0n) is 17.9. The molecule has 1 atom stereocenters. The van der Waals surface area contributed by atoms with Gasteiger partial charge in [0.15, 0.2) is 28.8 Å². The fraction of sp³-hybridized carbons (Fsp3) is 0.348. The third-order valence-electron chi connectivity index (χ3n) is 4.61. The molecule has 3 aromatic rings. The minimum absolute atomic E-state index is 0.101. The van der Waals surface area contributed by atoms with E-state index in [9.17, 15) is 5.11 Å². The van der Waals surface area contributed by atoms with Crippen molar-refractivity contribution in [3.8, 4) is 17.2 Å². The summed E-state index contributed by atoms with van der Waals surface area (Å²) in [5.74, 6) is 2.74. The highest BCUT2D eigenvalue weighted by Crippen LogP contribution is 2.31. The Balaban J connectivity index is 1.75. The molecule has 0 saturated heterocycles. The first-order valence-electron chi connectivity index (χ1n) is 10.1. The minimum atomic E-state index is -0.103. The zero-order chi connectivity index (χ0) is 21.5. The van der Waals surface area contributed by atoms with Crippen LogP contribution in [0.2, 0.25) is 0 Å². The van der Waals surface area contributed by atoms with E-state index in [1.807, 2.05) is 51.1 Å². The SMILES string of the molecule is CCNC(=NCc1ccc(OC)c(O)c1)NC(C)c1cc2cccc(OCC)c2o1. The summed E-state index contributed by atoms with van der Waals surface area (Å²) in [5.41, 5.74) is 1.63. The molecule has 0 amide bonds. The Morgan fingerprint density at radius 2 is 2.00 bits per heavy atom. The Labute approximate surface area is 176 Å². The molecule has 0 bridgehead atoms. The third kappa shape index (κ3) is 4.97. The summed E-state index contributed by atoms with van der Waals surface area (Å²) in [6, 6.07) is 13.1. The number of nitrogens with zero attached hydrogens (tertiary/aromatic N) is 1. The summed E-state index contributed by atoms with van der Waals surface area (Å²) in [6.45, 7) is 7.70. The van der Waals surface area contributed by atoms with Crippen LogP contribution in [-0.2, 0) is 6.54 Å². The lowest BCUT2D eigenvalue weighted by Crippen LogP contribution is -2.38. The number of hydrogen-bond acceptors (Lipinski definition) is 5. The average molecular weight is 412 g/mol. The zero-order valence-corrected chi connectivity index (χ0v) is 17.9. The number of benzene rings is 2. The Bertz CT molecular complexity index is 1010. The van der Waals surface area contributed by atoms with Crippen LogP contribution in [0.1, 0.15) is 38.1 Å². The van der Waals surface area contributed by atoms with Gasteiger partial charge in [-0.05, 0) is 50.6 Å². The molecule has 30 heavy (non-hydrogen) atoms. The van der Waals surface area contributed by atoms with Crippen molar-refractivity contribution in [2.24, 2.45) is 4.99 Å². The molecule has 0 spiro atoms. The van der Waals surface area contributed by atoms with E-state index in [0.717, 1.165) is 34.6 Å². The maximum absolute atomic E-state index is 9.96. The summed E-state index contributed by atoms with van der Waals surface area (Å²) in [4.78, 5) is 4.62. The summed E-state index contributed by atoms with van der Waals surface area (Å²) < 4.78 is 16.8. The van der Waals surface area contributed by atoms with Gasteiger partial charge in [-0.25, -0.2) is 4.99 Å². The van der Waals surface area contributed by atoms with Crippen molar-refractivity contribution in [2.45, 2.75) is 33.4 Å². The van der Waals surface area contributed by atoms with Gasteiger partial charge in [-0.15, -0.1) is 0 Å². The number of hydrogen-bond donors (Lipinski definition) is 3. The molecular weight excluding hydrogens is 382 g/mol. The molecule has 1 aromatic heterocycles. The van der Waals surface area contributed by atoms with Crippen LogP contribution in [0.25, 0.3) is 11.0 Å². The second-order valence-corrected chi connectivity index (χ2v) is 6.82. The molecule has 7 heteroatoms. The number of furan rings is 1. The van der Waals surface area contributed by atoms with Gasteiger partial charge < -0.3 is 29.6 Å². The fourth-order valence-electron chi connectivity index (χ4n) is 3.14. The minimum Gasteiger partial charge on any atom is -0.504 e. The van der Waals surface area contributed by atoms with E-state index in [-0.39, 0.29) is 11.8 Å². The number of aromatic hydroxyl groups is 1. The first-order valence-corrected chi connectivity index (χ1v) is 10.1. The van der Waals surface area contributed by atoms with Crippen LogP contribution in [0.15, 0.2) is 51.9 Å². The second kappa shape index (κ2) is 9.91. The Kier molecular flexibility index (Phi) is 7.06. The van der Waals surface area contributed by atoms with Gasteiger partial charge in [0.25, 0.3) is 0 Å². The Morgan fingerprint density at radius 3 is 2.70 bits per heavy atom. The first-order chi connectivity index (χ1) is 14.5. The van der Waals surface area contributed by atoms with E-state index < -0.39 is 0 Å². The largest absolute Gasteiger partial charge is 0.504 e. The number of ether oxygens (including phenoxy) is 2. The standard InChI is InChI=1S/C23H29N3O4/c1-5-24-23(25-14-16-10-11-19(28-4)18(27)12-16)26-15(3)21-13-17-8-7-9-20(29-6-2)22(17)30-21/h7-13,15,27H,5-6,14H2,1-4H3,(H2,24,25,26). The number of para-hydroxylation sites is 1. The van der Waals surface area contributed by atoms with Crippen molar-refractivity contribution in [1.82, 2.24) is 10.6 Å². The maximum atomic E-state index is 9.96. The highest BCUT2D eigenvalue weighted by Gasteiger charge is 2.15. The smallest absolute Gasteiger partial charge is 0.192 e. The van der Waals surface area contributed by atoms with Crippen LogP contribution in [0.4, 0.5) is 0 Å². The quantitative estimate of drug-likeness (QED) is 0.377. The second-order valence-electron chi connectivity index (χ2n) is 6.82. The monoisotopic (exact) mass is 411 g/mol. The van der Waals surface area contributed by atoms with Crippen molar-refractivity contribution in [2.75, 3.05) is 20.3 Å². The van der Waals surface area contributed by atoms with Crippen LogP contribution in [0.3, 0.4) is 0 Å². The van der Waals surface area contributed by atoms with Crippen molar-refractivity contribution in [1.29, 1.82) is 0 Å². The normalized spacial score (nSPS) is 12.6. The summed E-state index contributed by atoms with van der Waals surface area (Å²) in [7, 11) is 1.52. The third-order valence-corrected chi connectivity index (χ3v) is 4.61. The summed E-state index contributed by atoms with van der Waals surface area (Å²) >= 11 is 0. The predicted molar refractivity (Wildman–Crippen MR) is 118 cm³/mol. The number of methoxy groups -OCH3 is 1. The van der Waals surface area contributed by atoms with Crippen molar-refractivity contribution >= 4 is 16.9 Å². The summed E-state index contributed by atoms with van der Waals surface area (Å²) in [5, 5.41) is 17.6.